The van der Waals surface area contributed by atoms with Crippen LogP contribution in [0.15, 0.2) is 60.9 Å². The third-order valence-corrected chi connectivity index (χ3v) is 5.15. The molecular formula is C23H30N4. The lowest BCUT2D eigenvalue weighted by atomic mass is 10.1. The maximum Gasteiger partial charge on any atom is 0.0546 e. The van der Waals surface area contributed by atoms with E-state index in [9.17, 15) is 0 Å². The Hall–Kier alpha value is -2.75. The molecule has 1 aromatic carbocycles. The van der Waals surface area contributed by atoms with E-state index in [0.717, 1.165) is 49.7 Å². The minimum absolute atomic E-state index is 0.793. The number of anilines is 1. The fourth-order valence-electron chi connectivity index (χ4n) is 3.44. The Morgan fingerprint density at radius 3 is 2.44 bits per heavy atom. The van der Waals surface area contributed by atoms with Crippen LogP contribution in [0.1, 0.15) is 23.7 Å². The number of pyridine rings is 1. The predicted octanol–water partition coefficient (Wildman–Crippen LogP) is 3.98. The van der Waals surface area contributed by atoms with E-state index in [2.05, 4.69) is 76.9 Å². The molecular weight excluding hydrogens is 332 g/mol. The number of aryl methyl sites for hydroxylation is 2. The topological polar surface area (TPSA) is 31.4 Å². The van der Waals surface area contributed by atoms with Gasteiger partial charge in [-0.3, -0.25) is 4.98 Å². The van der Waals surface area contributed by atoms with Gasteiger partial charge < -0.3 is 15.1 Å². The zero-order valence-electron chi connectivity index (χ0n) is 16.7. The number of aromatic nitrogens is 1. The monoisotopic (exact) mass is 362 g/mol. The van der Waals surface area contributed by atoms with Crippen LogP contribution in [0.2, 0.25) is 0 Å². The molecule has 4 heteroatoms. The van der Waals surface area contributed by atoms with Gasteiger partial charge in [-0.15, -0.1) is 0 Å². The van der Waals surface area contributed by atoms with Crippen LogP contribution in [0.3, 0.4) is 0 Å². The molecule has 0 unspecified atom stereocenters. The van der Waals surface area contributed by atoms with E-state index in [1.807, 2.05) is 19.2 Å². The average Bonchev–Trinajstić information content (AvgIpc) is 2.69. The molecule has 27 heavy (non-hydrogen) atoms. The Bertz CT molecular complexity index is 799. The maximum absolute atomic E-state index is 4.25. The van der Waals surface area contributed by atoms with Gasteiger partial charge in [0.05, 0.1) is 6.54 Å². The number of hydrogen-bond donors (Lipinski definition) is 1. The van der Waals surface area contributed by atoms with Gasteiger partial charge in [-0.1, -0.05) is 30.4 Å². The molecule has 0 radical (unpaired) electrons. The zero-order chi connectivity index (χ0) is 19.2. The lowest BCUT2D eigenvalue weighted by molar-refractivity contribution is 0.314. The van der Waals surface area contributed by atoms with E-state index in [4.69, 9.17) is 0 Å². The van der Waals surface area contributed by atoms with Crippen LogP contribution in [0.25, 0.3) is 5.70 Å². The summed E-state index contributed by atoms with van der Waals surface area (Å²) in [4.78, 5) is 9.19. The largest absolute Gasteiger partial charge is 0.379 e. The molecule has 0 saturated carbocycles. The van der Waals surface area contributed by atoms with Gasteiger partial charge in [-0.25, -0.2) is 0 Å². The van der Waals surface area contributed by atoms with Crippen molar-refractivity contribution in [1.29, 1.82) is 0 Å². The summed E-state index contributed by atoms with van der Waals surface area (Å²) in [6.45, 7) is 15.4. The van der Waals surface area contributed by atoms with Gasteiger partial charge in [0.25, 0.3) is 0 Å². The van der Waals surface area contributed by atoms with Crippen molar-refractivity contribution in [3.05, 3.63) is 77.8 Å². The molecule has 1 aliphatic rings. The molecule has 0 bridgehead atoms. The number of benzene rings is 1. The Balaban J connectivity index is 1.53. The fourth-order valence-corrected chi connectivity index (χ4v) is 3.44. The van der Waals surface area contributed by atoms with E-state index in [1.54, 1.807) is 0 Å². The minimum Gasteiger partial charge on any atom is -0.379 e. The second-order valence-corrected chi connectivity index (χ2v) is 7.11. The summed E-state index contributed by atoms with van der Waals surface area (Å²) in [6, 6.07) is 12.9. The Morgan fingerprint density at radius 1 is 1.11 bits per heavy atom. The molecule has 1 N–H and O–H groups in total. The number of nitrogens with zero attached hydrogens (tertiary/aromatic N) is 3. The molecule has 142 valence electrons. The summed E-state index contributed by atoms with van der Waals surface area (Å²) in [7, 11) is 0. The summed E-state index contributed by atoms with van der Waals surface area (Å²) in [5, 5.41) is 3.48. The molecule has 1 aromatic heterocycles. The first-order valence-corrected chi connectivity index (χ1v) is 9.64. The molecule has 0 atom stereocenters. The smallest absolute Gasteiger partial charge is 0.0546 e. The van der Waals surface area contributed by atoms with Gasteiger partial charge in [-0.2, -0.15) is 0 Å². The first-order valence-electron chi connectivity index (χ1n) is 9.64. The van der Waals surface area contributed by atoms with Crippen LogP contribution < -0.4 is 10.2 Å². The highest BCUT2D eigenvalue weighted by Gasteiger charge is 2.18. The molecule has 2 aromatic rings. The third kappa shape index (κ3) is 4.91. The highest BCUT2D eigenvalue weighted by atomic mass is 15.3. The molecule has 1 aliphatic heterocycles. The van der Waals surface area contributed by atoms with E-state index >= 15 is 0 Å². The highest BCUT2D eigenvalue weighted by Crippen LogP contribution is 2.19. The first-order chi connectivity index (χ1) is 13.1. The van der Waals surface area contributed by atoms with Crippen LogP contribution in [0.4, 0.5) is 5.69 Å². The molecule has 0 spiro atoms. The molecule has 4 nitrogen and oxygen atoms in total. The number of hydrogen-bond acceptors (Lipinski definition) is 4. The van der Waals surface area contributed by atoms with Gasteiger partial charge in [-0.05, 0) is 45.0 Å². The van der Waals surface area contributed by atoms with Crippen molar-refractivity contribution < 1.29 is 0 Å². The number of piperazine rings is 1. The summed E-state index contributed by atoms with van der Waals surface area (Å²) < 4.78 is 0. The van der Waals surface area contributed by atoms with E-state index in [0.29, 0.717) is 0 Å². The summed E-state index contributed by atoms with van der Waals surface area (Å²) in [5.41, 5.74) is 7.01. The highest BCUT2D eigenvalue weighted by molar-refractivity contribution is 5.61. The molecule has 3 rings (SSSR count). The first kappa shape index (κ1) is 19.0. The lowest BCUT2D eigenvalue weighted by Crippen LogP contribution is -2.47. The minimum atomic E-state index is 0.793. The molecule has 2 heterocycles. The Labute approximate surface area is 163 Å². The number of nitrogens with one attached hydrogen (secondary N) is 1. The van der Waals surface area contributed by atoms with Gasteiger partial charge >= 0.3 is 0 Å². The van der Waals surface area contributed by atoms with Crippen molar-refractivity contribution in [3.8, 4) is 0 Å². The van der Waals surface area contributed by atoms with Crippen LogP contribution in [0.5, 0.6) is 0 Å². The third-order valence-electron chi connectivity index (χ3n) is 5.15. The van der Waals surface area contributed by atoms with E-state index < -0.39 is 0 Å². The Morgan fingerprint density at radius 2 is 1.81 bits per heavy atom. The van der Waals surface area contributed by atoms with Crippen molar-refractivity contribution in [2.24, 2.45) is 0 Å². The number of allylic oxidation sites excluding steroid dienone is 1. The van der Waals surface area contributed by atoms with Gasteiger partial charge in [0.2, 0.25) is 0 Å². The average molecular weight is 363 g/mol. The van der Waals surface area contributed by atoms with Crippen LogP contribution in [-0.4, -0.2) is 42.6 Å². The lowest BCUT2D eigenvalue weighted by Gasteiger charge is -2.38. The van der Waals surface area contributed by atoms with Crippen LogP contribution in [-0.2, 0) is 0 Å². The fraction of sp³-hybridized carbons (Fsp3) is 0.348. The number of rotatable bonds is 6. The standard InChI is InChI=1S/C23H30N4/c1-5-22(17-25-20(4)21-10-11-24-19(3)16-21)26-12-14-27(15-13-26)23-8-6-18(2)7-9-23/h5-11,16,25H,4,12-15,17H2,1-3H3/b22-5-. The van der Waals surface area contributed by atoms with Crippen molar-refractivity contribution in [1.82, 2.24) is 15.2 Å². The van der Waals surface area contributed by atoms with Crippen molar-refractivity contribution in [2.75, 3.05) is 37.6 Å². The summed E-state index contributed by atoms with van der Waals surface area (Å²) >= 11 is 0. The second kappa shape index (κ2) is 8.76. The molecule has 1 saturated heterocycles. The van der Waals surface area contributed by atoms with E-state index in [1.165, 1.54) is 16.9 Å². The SMILES string of the molecule is C=C(NC/C(=C/C)N1CCN(c2ccc(C)cc2)CC1)c1ccnc(C)c1. The normalized spacial score (nSPS) is 15.0. The maximum atomic E-state index is 4.25. The quantitative estimate of drug-likeness (QED) is 0.842. The predicted molar refractivity (Wildman–Crippen MR) is 115 cm³/mol. The van der Waals surface area contributed by atoms with Crippen LogP contribution >= 0.6 is 0 Å². The second-order valence-electron chi connectivity index (χ2n) is 7.11. The summed E-state index contributed by atoms with van der Waals surface area (Å²) in [5.74, 6) is 0. The molecule has 0 amide bonds. The van der Waals surface area contributed by atoms with E-state index in [-0.39, 0.29) is 0 Å². The van der Waals surface area contributed by atoms with Crippen LogP contribution in [0, 0.1) is 13.8 Å². The van der Waals surface area contributed by atoms with Gasteiger partial charge in [0.1, 0.15) is 0 Å². The van der Waals surface area contributed by atoms with Crippen molar-refractivity contribution in [3.63, 3.8) is 0 Å². The van der Waals surface area contributed by atoms with Gasteiger partial charge in [0.15, 0.2) is 0 Å². The van der Waals surface area contributed by atoms with Crippen molar-refractivity contribution in [2.45, 2.75) is 20.8 Å². The van der Waals surface area contributed by atoms with Gasteiger partial charge in [0, 0.05) is 60.7 Å². The zero-order valence-corrected chi connectivity index (χ0v) is 16.7. The van der Waals surface area contributed by atoms with Crippen molar-refractivity contribution >= 4 is 11.4 Å². The molecule has 1 fully saturated rings. The Kier molecular flexibility index (Phi) is 6.17. The molecule has 0 aliphatic carbocycles. The summed E-state index contributed by atoms with van der Waals surface area (Å²) in [6.07, 6.45) is 4.04.